The monoisotopic (exact) mass is 1430 g/mol. The van der Waals surface area contributed by atoms with Gasteiger partial charge in [-0.3, -0.25) is 9.59 Å². The van der Waals surface area contributed by atoms with E-state index in [9.17, 15) is 23.3 Å². The second-order valence-electron chi connectivity index (χ2n) is 21.8. The Morgan fingerprint density at radius 3 is 1.43 bits per heavy atom. The van der Waals surface area contributed by atoms with Crippen molar-refractivity contribution in [2.45, 2.75) is 43.9 Å². The summed E-state index contributed by atoms with van der Waals surface area (Å²) in [5, 5.41) is 4.63. The topological polar surface area (TPSA) is 227 Å². The Morgan fingerprint density at radius 2 is 1.00 bits per heavy atom. The number of hydrogen-bond donors (Lipinski definition) is 1. The van der Waals surface area contributed by atoms with Crippen LogP contribution in [0.15, 0.2) is 163 Å². The van der Waals surface area contributed by atoms with Crippen molar-refractivity contribution in [1.82, 2.24) is 63.5 Å². The van der Waals surface area contributed by atoms with Crippen LogP contribution in [0.3, 0.4) is 0 Å². The summed E-state index contributed by atoms with van der Waals surface area (Å²) in [4.78, 5) is 66.0. The second-order valence-corrected chi connectivity index (χ2v) is 34.5. The average molecular weight is 1430 g/mol. The van der Waals surface area contributed by atoms with Crippen LogP contribution in [-0.2, 0) is 26.8 Å². The number of halogens is 3. The van der Waals surface area contributed by atoms with E-state index < -0.39 is 21.4 Å². The third-order valence-electron chi connectivity index (χ3n) is 14.4. The van der Waals surface area contributed by atoms with Crippen LogP contribution in [0.2, 0.25) is 0 Å². The fourth-order valence-corrected chi connectivity index (χ4v) is 13.8. The van der Waals surface area contributed by atoms with Gasteiger partial charge in [-0.2, -0.15) is 4.98 Å². The van der Waals surface area contributed by atoms with Crippen molar-refractivity contribution in [2.75, 3.05) is 89.7 Å². The molecule has 1 aromatic carbocycles. The molecule has 1 N–H and O–H groups in total. The molecule has 0 atom stereocenters. The van der Waals surface area contributed by atoms with Gasteiger partial charge in [0, 0.05) is 36.9 Å². The maximum Gasteiger partial charge on any atom is 0.278 e. The Labute approximate surface area is 530 Å². The van der Waals surface area contributed by atoms with Crippen LogP contribution in [0.5, 0.6) is 0 Å². The quantitative estimate of drug-likeness (QED) is 0.0372. The molecule has 8 aromatic heterocycles. The van der Waals surface area contributed by atoms with Gasteiger partial charge in [0.2, 0.25) is 5.95 Å². The smallest absolute Gasteiger partial charge is 0.278 e. The molecular weight excluding hydrogens is 1360 g/mol. The number of aromatic nitrogens is 12. The van der Waals surface area contributed by atoms with Crippen molar-refractivity contribution in [3.8, 4) is 11.6 Å². The van der Waals surface area contributed by atoms with Gasteiger partial charge in [-0.1, -0.05) is 48.2 Å². The highest BCUT2D eigenvalue weighted by Gasteiger charge is 2.37. The normalized spacial score (nSPS) is 14.3. The Kier molecular flexibility index (Phi) is 21.8. The first kappa shape index (κ1) is 66.0. The highest BCUT2D eigenvalue weighted by Crippen LogP contribution is 2.42. The molecule has 2 fully saturated rings. The van der Waals surface area contributed by atoms with E-state index in [-0.39, 0.29) is 17.7 Å². The molecule has 20 nitrogen and oxygen atoms in total. The van der Waals surface area contributed by atoms with Gasteiger partial charge in [0.05, 0.1) is 13.1 Å². The zero-order chi connectivity index (χ0) is 62.1. The summed E-state index contributed by atoms with van der Waals surface area (Å²) in [5.41, 5.74) is 4.70. The van der Waals surface area contributed by atoms with Crippen LogP contribution in [0.1, 0.15) is 25.7 Å². The second kappa shape index (κ2) is 28.5. The highest BCUT2D eigenvalue weighted by atomic mass is 79.9. The minimum absolute atomic E-state index is 0.217. The molecule has 2 aliphatic rings. The lowest BCUT2D eigenvalue weighted by Crippen LogP contribution is -2.46. The van der Waals surface area contributed by atoms with Gasteiger partial charge in [0.25, 0.3) is 11.1 Å². The average Bonchev–Trinajstić information content (AvgIpc) is 1.83. The molecular formula is C59H69Br3N15O5P3S. The van der Waals surface area contributed by atoms with Crippen LogP contribution in [0, 0.1) is 5.41 Å². The van der Waals surface area contributed by atoms with E-state index in [1.165, 1.54) is 71.8 Å². The summed E-state index contributed by atoms with van der Waals surface area (Å²) in [6, 6.07) is 30.1. The predicted octanol–water partition coefficient (Wildman–Crippen LogP) is 11.3. The first-order valence-corrected chi connectivity index (χ1v) is 38.8. The van der Waals surface area contributed by atoms with Gasteiger partial charge in [0.1, 0.15) is 62.3 Å². The lowest BCUT2D eigenvalue weighted by Gasteiger charge is -2.46. The number of likely N-dealkylation sites (tertiary alicyclic amines) is 1. The Hall–Kier alpha value is -5.96. The van der Waals surface area contributed by atoms with Gasteiger partial charge >= 0.3 is 0 Å². The molecule has 11 rings (SSSR count). The molecule has 2 saturated heterocycles. The third-order valence-corrected chi connectivity index (χ3v) is 20.3. The molecule has 0 unspecified atom stereocenters. The van der Waals surface area contributed by atoms with E-state index in [1.54, 1.807) is 110 Å². The molecule has 27 heteroatoms. The summed E-state index contributed by atoms with van der Waals surface area (Å²) < 4.78 is 45.4. The molecule has 0 aliphatic carbocycles. The number of thioether (sulfide) groups is 1. The fourth-order valence-electron chi connectivity index (χ4n) is 9.70. The molecule has 9 aromatic rings. The van der Waals surface area contributed by atoms with Crippen molar-refractivity contribution in [1.29, 1.82) is 0 Å². The standard InChI is InChI=1S/C31H39N8O2P.C16H18N5O2PS.C7H9BrNOP.C5H3Br2N/c1-5-17-38-29(40)25-22-32-30(35-28(25)39(38)26-7-6-8-27(34-26)42(3,4)41)33-23-9-11-24(12-10-23)37-20-15-31(16-21-37)13-18-36(2)19-14-31;1-5-9-20-15(22)11-10-17-16(25-4)19-14(11)21(20)12-7-6-8-13(18-12)24(2,3)23;1-11(2,10)7-5-3-4-6(8)9-7;6-4-2-1-3-5(7)8-4/h5-12,22H,1,13-21H2,2-4H3,(H,32,33,35);5-8,10H,1,9H2,2-4H3;3-5H,1-2H3;1-3H. The largest absolute Gasteiger partial charge is 0.371 e. The number of hydrogen-bond acceptors (Lipinski definition) is 17. The Balaban J connectivity index is 0.000000182. The predicted molar refractivity (Wildman–Crippen MR) is 363 cm³/mol. The number of fused-ring (bicyclic) bond motifs is 2. The molecule has 0 saturated carbocycles. The molecule has 452 valence electrons. The van der Waals surface area contributed by atoms with Crippen molar-refractivity contribution in [3.63, 3.8) is 0 Å². The summed E-state index contributed by atoms with van der Waals surface area (Å²) in [5.74, 6) is 1.32. The zero-order valence-electron chi connectivity index (χ0n) is 49.2. The lowest BCUT2D eigenvalue weighted by atomic mass is 9.71. The maximum atomic E-state index is 13.3. The van der Waals surface area contributed by atoms with E-state index in [0.29, 0.717) is 73.1 Å². The molecule has 0 amide bonds. The van der Waals surface area contributed by atoms with Crippen LogP contribution in [0.25, 0.3) is 33.7 Å². The number of rotatable bonds is 13. The van der Waals surface area contributed by atoms with E-state index in [1.807, 2.05) is 48.7 Å². The molecule has 0 bridgehead atoms. The van der Waals surface area contributed by atoms with Gasteiger partial charge < -0.3 is 28.8 Å². The highest BCUT2D eigenvalue weighted by molar-refractivity contribution is 9.11. The van der Waals surface area contributed by atoms with Crippen LogP contribution in [-0.4, -0.2) is 143 Å². The third kappa shape index (κ3) is 16.4. The minimum Gasteiger partial charge on any atom is -0.371 e. The first-order valence-electron chi connectivity index (χ1n) is 27.4. The number of allylic oxidation sites excluding steroid dienone is 2. The van der Waals surface area contributed by atoms with E-state index in [4.69, 9.17) is 4.98 Å². The zero-order valence-corrected chi connectivity index (χ0v) is 57.5. The summed E-state index contributed by atoms with van der Waals surface area (Å²) in [7, 11) is -5.10. The molecule has 10 heterocycles. The molecule has 2 aliphatic heterocycles. The summed E-state index contributed by atoms with van der Waals surface area (Å²) in [6.07, 6.45) is 13.4. The van der Waals surface area contributed by atoms with E-state index >= 15 is 0 Å². The van der Waals surface area contributed by atoms with Gasteiger partial charge in [-0.25, -0.2) is 53.6 Å². The van der Waals surface area contributed by atoms with Crippen molar-refractivity contribution < 1.29 is 13.7 Å². The SMILES string of the molecule is Brc1cccc(Br)n1.C=CCn1c(=O)c2cnc(Nc3ccc(N4CCC5(CCN(C)CC5)CC4)cc3)nc2n1-c1cccc(P(C)(C)=O)n1.C=CCn1c(=O)c2cnc(SC)nc2n1-c1cccc(P(C)(C)=O)n1.CP(C)(=O)c1cccc(Br)n1. The van der Waals surface area contributed by atoms with Crippen LogP contribution < -0.4 is 37.6 Å². The van der Waals surface area contributed by atoms with Crippen molar-refractivity contribution in [3.05, 3.63) is 169 Å². The van der Waals surface area contributed by atoms with Gasteiger partial charge in [-0.15, -0.1) is 13.2 Å². The molecule has 0 radical (unpaired) electrons. The Morgan fingerprint density at radius 1 is 0.570 bits per heavy atom. The van der Waals surface area contributed by atoms with Crippen molar-refractivity contribution >= 4 is 137 Å². The number of piperidine rings is 2. The Bertz CT molecular complexity index is 4160. The summed E-state index contributed by atoms with van der Waals surface area (Å²) in [6.45, 7) is 22.8. The number of benzene rings is 1. The van der Waals surface area contributed by atoms with Gasteiger partial charge in [-0.05, 0) is 218 Å². The van der Waals surface area contributed by atoms with E-state index in [2.05, 4.69) is 130 Å². The fraction of sp³-hybridized carbons (Fsp3) is 0.322. The van der Waals surface area contributed by atoms with Crippen LogP contribution in [0.4, 0.5) is 17.3 Å². The number of pyridine rings is 4. The number of nitrogens with zero attached hydrogens (tertiary/aromatic N) is 14. The van der Waals surface area contributed by atoms with Crippen molar-refractivity contribution in [2.24, 2.45) is 5.41 Å². The molecule has 86 heavy (non-hydrogen) atoms. The van der Waals surface area contributed by atoms with E-state index in [0.717, 1.165) is 32.6 Å². The first-order chi connectivity index (χ1) is 40.8. The number of anilines is 3. The van der Waals surface area contributed by atoms with Gasteiger partial charge in [0.15, 0.2) is 28.1 Å². The van der Waals surface area contributed by atoms with Crippen LogP contribution >= 0.6 is 81.0 Å². The lowest BCUT2D eigenvalue weighted by molar-refractivity contribution is 0.0945. The molecule has 1 spiro atoms. The maximum absolute atomic E-state index is 13.3. The number of nitrogens with one attached hydrogen (secondary N) is 1. The minimum atomic E-state index is -2.61. The summed E-state index contributed by atoms with van der Waals surface area (Å²) >= 11 is 11.1.